The second-order valence-electron chi connectivity index (χ2n) is 4.26. The first-order valence-electron chi connectivity index (χ1n) is 5.76. The molecule has 0 atom stereocenters. The Bertz CT molecular complexity index is 443. The predicted octanol–water partition coefficient (Wildman–Crippen LogP) is 1.79. The van der Waals surface area contributed by atoms with E-state index in [0.29, 0.717) is 30.3 Å². The van der Waals surface area contributed by atoms with Crippen LogP contribution in [0.4, 0.5) is 5.69 Å². The van der Waals surface area contributed by atoms with Gasteiger partial charge in [-0.1, -0.05) is 0 Å². The number of anilines is 1. The highest BCUT2D eigenvalue weighted by atomic mass is 16.2. The minimum Gasteiger partial charge on any atom is -0.399 e. The number of amides is 1. The van der Waals surface area contributed by atoms with Gasteiger partial charge in [-0.25, -0.2) is 0 Å². The highest BCUT2D eigenvalue weighted by Gasteiger charge is 2.32. The number of rotatable bonds is 4. The fraction of sp³-hybridized carbons (Fsp3) is 0.385. The van der Waals surface area contributed by atoms with Crippen LogP contribution < -0.4 is 5.73 Å². The van der Waals surface area contributed by atoms with E-state index >= 15 is 0 Å². The molecule has 1 amide bonds. The molecule has 0 saturated heterocycles. The summed E-state index contributed by atoms with van der Waals surface area (Å²) in [5, 5.41) is 8.60. The van der Waals surface area contributed by atoms with Gasteiger partial charge in [-0.2, -0.15) is 5.26 Å². The van der Waals surface area contributed by atoms with Crippen LogP contribution in [0.15, 0.2) is 24.3 Å². The summed E-state index contributed by atoms with van der Waals surface area (Å²) in [6, 6.07) is 9.33. The molecule has 0 bridgehead atoms. The quantitative estimate of drug-likeness (QED) is 0.800. The molecule has 1 aromatic carbocycles. The molecule has 2 rings (SSSR count). The Labute approximate surface area is 101 Å². The second kappa shape index (κ2) is 4.88. The van der Waals surface area contributed by atoms with Gasteiger partial charge in [0.1, 0.15) is 0 Å². The number of benzene rings is 1. The van der Waals surface area contributed by atoms with Crippen molar-refractivity contribution >= 4 is 11.6 Å². The maximum absolute atomic E-state index is 12.2. The number of nitrogens with two attached hydrogens (primary N) is 1. The van der Waals surface area contributed by atoms with Crippen LogP contribution in [0.25, 0.3) is 0 Å². The molecule has 0 spiro atoms. The Morgan fingerprint density at radius 3 is 2.59 bits per heavy atom. The van der Waals surface area contributed by atoms with Gasteiger partial charge in [0.25, 0.3) is 5.91 Å². The van der Waals surface area contributed by atoms with Crippen LogP contribution in [-0.2, 0) is 0 Å². The van der Waals surface area contributed by atoms with E-state index in [1.165, 1.54) is 0 Å². The summed E-state index contributed by atoms with van der Waals surface area (Å²) < 4.78 is 0. The van der Waals surface area contributed by atoms with E-state index in [-0.39, 0.29) is 5.91 Å². The molecule has 1 saturated carbocycles. The van der Waals surface area contributed by atoms with Crippen molar-refractivity contribution in [2.45, 2.75) is 25.3 Å². The van der Waals surface area contributed by atoms with E-state index < -0.39 is 0 Å². The fourth-order valence-corrected chi connectivity index (χ4v) is 1.80. The lowest BCUT2D eigenvalue weighted by Crippen LogP contribution is -2.33. The van der Waals surface area contributed by atoms with E-state index in [2.05, 4.69) is 6.07 Å². The lowest BCUT2D eigenvalue weighted by Gasteiger charge is -2.21. The molecule has 0 unspecified atom stereocenters. The summed E-state index contributed by atoms with van der Waals surface area (Å²) in [5.41, 5.74) is 6.88. The zero-order valence-corrected chi connectivity index (χ0v) is 9.60. The van der Waals surface area contributed by atoms with Crippen molar-refractivity contribution in [2.75, 3.05) is 12.3 Å². The van der Waals surface area contributed by atoms with Crippen molar-refractivity contribution in [1.82, 2.24) is 4.90 Å². The van der Waals surface area contributed by atoms with Gasteiger partial charge in [0.15, 0.2) is 0 Å². The van der Waals surface area contributed by atoms with Crippen LogP contribution in [0, 0.1) is 11.3 Å². The van der Waals surface area contributed by atoms with E-state index in [9.17, 15) is 4.79 Å². The molecule has 0 radical (unpaired) electrons. The van der Waals surface area contributed by atoms with Gasteiger partial charge in [0.2, 0.25) is 0 Å². The summed E-state index contributed by atoms with van der Waals surface area (Å²) in [5.74, 6) is 0.00255. The minimum absolute atomic E-state index is 0.00255. The van der Waals surface area contributed by atoms with E-state index in [1.54, 1.807) is 29.2 Å². The summed E-state index contributed by atoms with van der Waals surface area (Å²) in [6.45, 7) is 0.518. The molecule has 4 nitrogen and oxygen atoms in total. The summed E-state index contributed by atoms with van der Waals surface area (Å²) >= 11 is 0. The van der Waals surface area contributed by atoms with Gasteiger partial charge in [-0.15, -0.1) is 0 Å². The van der Waals surface area contributed by atoms with Crippen molar-refractivity contribution in [1.29, 1.82) is 5.26 Å². The van der Waals surface area contributed by atoms with Crippen LogP contribution in [0.3, 0.4) is 0 Å². The maximum atomic E-state index is 12.2. The van der Waals surface area contributed by atoms with Crippen molar-refractivity contribution in [2.24, 2.45) is 0 Å². The largest absolute Gasteiger partial charge is 0.399 e. The SMILES string of the molecule is N#CCCN(C(=O)c1ccc(N)cc1)C1CC1. The molecule has 0 aliphatic heterocycles. The summed E-state index contributed by atoms with van der Waals surface area (Å²) in [6.07, 6.45) is 2.48. The summed E-state index contributed by atoms with van der Waals surface area (Å²) in [4.78, 5) is 14.0. The lowest BCUT2D eigenvalue weighted by molar-refractivity contribution is 0.0747. The first-order valence-corrected chi connectivity index (χ1v) is 5.76. The molecule has 1 aromatic rings. The Balaban J connectivity index is 2.10. The average molecular weight is 229 g/mol. The van der Waals surface area contributed by atoms with Crippen LogP contribution in [0.2, 0.25) is 0 Å². The van der Waals surface area contributed by atoms with E-state index in [1.807, 2.05) is 0 Å². The number of nitrogens with zero attached hydrogens (tertiary/aromatic N) is 2. The lowest BCUT2D eigenvalue weighted by atomic mass is 10.1. The van der Waals surface area contributed by atoms with Gasteiger partial charge in [0, 0.05) is 23.8 Å². The summed E-state index contributed by atoms with van der Waals surface area (Å²) in [7, 11) is 0. The Morgan fingerprint density at radius 1 is 1.41 bits per heavy atom. The third kappa shape index (κ3) is 2.76. The molecule has 2 N–H and O–H groups in total. The van der Waals surface area contributed by atoms with Gasteiger partial charge in [-0.05, 0) is 37.1 Å². The van der Waals surface area contributed by atoms with Crippen LogP contribution >= 0.6 is 0 Å². The monoisotopic (exact) mass is 229 g/mol. The first-order chi connectivity index (χ1) is 8.22. The van der Waals surface area contributed by atoms with E-state index in [4.69, 9.17) is 11.0 Å². The van der Waals surface area contributed by atoms with Gasteiger partial charge in [-0.3, -0.25) is 4.79 Å². The molecular weight excluding hydrogens is 214 g/mol. The Kier molecular flexibility index (Phi) is 3.29. The average Bonchev–Trinajstić information content (AvgIpc) is 3.14. The topological polar surface area (TPSA) is 70.1 Å². The Morgan fingerprint density at radius 2 is 2.06 bits per heavy atom. The normalized spacial score (nSPS) is 14.1. The highest BCUT2D eigenvalue weighted by Crippen LogP contribution is 2.28. The van der Waals surface area contributed by atoms with Gasteiger partial charge < -0.3 is 10.6 Å². The second-order valence-corrected chi connectivity index (χ2v) is 4.26. The van der Waals surface area contributed by atoms with Gasteiger partial charge >= 0.3 is 0 Å². The van der Waals surface area contributed by atoms with Crippen molar-refractivity contribution in [3.8, 4) is 6.07 Å². The number of nitrogen functional groups attached to an aromatic ring is 1. The van der Waals surface area contributed by atoms with Crippen LogP contribution in [0.1, 0.15) is 29.6 Å². The number of hydrogen-bond acceptors (Lipinski definition) is 3. The standard InChI is InChI=1S/C13H15N3O/c14-8-1-9-16(12-6-7-12)13(17)10-2-4-11(15)5-3-10/h2-5,12H,1,6-7,9,15H2. The number of carbonyl (C=O) groups is 1. The van der Waals surface area contributed by atoms with Crippen molar-refractivity contribution < 1.29 is 4.79 Å². The smallest absolute Gasteiger partial charge is 0.254 e. The molecule has 17 heavy (non-hydrogen) atoms. The molecule has 1 aliphatic carbocycles. The van der Waals surface area contributed by atoms with E-state index in [0.717, 1.165) is 12.8 Å². The molecule has 0 heterocycles. The molecule has 4 heteroatoms. The molecule has 0 aromatic heterocycles. The molecule has 88 valence electrons. The maximum Gasteiger partial charge on any atom is 0.254 e. The fourth-order valence-electron chi connectivity index (χ4n) is 1.80. The van der Waals surface area contributed by atoms with Crippen molar-refractivity contribution in [3.05, 3.63) is 29.8 Å². The number of nitriles is 1. The zero-order valence-electron chi connectivity index (χ0n) is 9.60. The highest BCUT2D eigenvalue weighted by molar-refractivity contribution is 5.94. The predicted molar refractivity (Wildman–Crippen MR) is 65.1 cm³/mol. The third-order valence-corrected chi connectivity index (χ3v) is 2.87. The molecular formula is C13H15N3O. The molecule has 1 fully saturated rings. The number of carbonyl (C=O) groups excluding carboxylic acids is 1. The van der Waals surface area contributed by atoms with Crippen LogP contribution in [-0.4, -0.2) is 23.4 Å². The van der Waals surface area contributed by atoms with Gasteiger partial charge in [0.05, 0.1) is 12.5 Å². The number of hydrogen-bond donors (Lipinski definition) is 1. The first kappa shape index (κ1) is 11.5. The molecule has 1 aliphatic rings. The zero-order chi connectivity index (χ0) is 12.3. The van der Waals surface area contributed by atoms with Crippen molar-refractivity contribution in [3.63, 3.8) is 0 Å². The Hall–Kier alpha value is -2.02. The minimum atomic E-state index is 0.00255. The third-order valence-electron chi connectivity index (χ3n) is 2.87. The van der Waals surface area contributed by atoms with Crippen LogP contribution in [0.5, 0.6) is 0 Å².